The van der Waals surface area contributed by atoms with E-state index in [1.54, 1.807) is 6.07 Å². The summed E-state index contributed by atoms with van der Waals surface area (Å²) in [6.45, 7) is 3.19. The summed E-state index contributed by atoms with van der Waals surface area (Å²) in [4.78, 5) is 14.2. The Hall–Kier alpha value is -1.65. The molecule has 1 saturated carbocycles. The highest BCUT2D eigenvalue weighted by Gasteiger charge is 2.19. The van der Waals surface area contributed by atoms with Crippen molar-refractivity contribution in [2.75, 3.05) is 11.9 Å². The van der Waals surface area contributed by atoms with Gasteiger partial charge in [0.2, 0.25) is 0 Å². The first kappa shape index (κ1) is 13.8. The van der Waals surface area contributed by atoms with E-state index in [9.17, 15) is 10.1 Å². The van der Waals surface area contributed by atoms with Crippen molar-refractivity contribution in [1.29, 1.82) is 0 Å². The summed E-state index contributed by atoms with van der Waals surface area (Å²) in [6, 6.07) is 3.17. The number of rotatable bonds is 5. The zero-order valence-electron chi connectivity index (χ0n) is 11.3. The molecule has 0 bridgehead atoms. The van der Waals surface area contributed by atoms with Gasteiger partial charge in [-0.1, -0.05) is 26.2 Å². The Balaban J connectivity index is 1.78. The third-order valence-electron chi connectivity index (χ3n) is 4.07. The maximum Gasteiger partial charge on any atom is 0.287 e. The molecule has 1 N–H and O–H groups in total. The van der Waals surface area contributed by atoms with E-state index in [0.29, 0.717) is 5.92 Å². The first-order valence-electron chi connectivity index (χ1n) is 7.03. The van der Waals surface area contributed by atoms with E-state index in [0.717, 1.165) is 18.3 Å². The smallest absolute Gasteiger partial charge is 0.287 e. The zero-order chi connectivity index (χ0) is 13.7. The Morgan fingerprint density at radius 3 is 2.53 bits per heavy atom. The molecule has 2 rings (SSSR count). The molecule has 1 fully saturated rings. The fraction of sp³-hybridized carbons (Fsp3) is 0.643. The second-order valence-corrected chi connectivity index (χ2v) is 5.33. The number of nitrogens with one attached hydrogen (secondary N) is 1. The average Bonchev–Trinajstić information content (AvgIpc) is 2.46. The maximum absolute atomic E-state index is 10.5. The lowest BCUT2D eigenvalue weighted by atomic mass is 9.81. The van der Waals surface area contributed by atoms with Crippen LogP contribution < -0.4 is 5.32 Å². The van der Waals surface area contributed by atoms with Gasteiger partial charge in [-0.25, -0.2) is 4.98 Å². The highest BCUT2D eigenvalue weighted by Crippen LogP contribution is 2.30. The van der Waals surface area contributed by atoms with E-state index in [1.807, 2.05) is 0 Å². The van der Waals surface area contributed by atoms with Crippen LogP contribution in [0.2, 0.25) is 0 Å². The van der Waals surface area contributed by atoms with Crippen LogP contribution in [0, 0.1) is 22.0 Å². The van der Waals surface area contributed by atoms with Crippen molar-refractivity contribution in [3.8, 4) is 0 Å². The molecule has 0 radical (unpaired) electrons. The molecule has 0 unspecified atom stereocenters. The molecule has 5 heteroatoms. The van der Waals surface area contributed by atoms with Gasteiger partial charge in [-0.15, -0.1) is 0 Å². The summed E-state index contributed by atoms with van der Waals surface area (Å²) >= 11 is 0. The maximum atomic E-state index is 10.5. The first-order chi connectivity index (χ1) is 9.19. The van der Waals surface area contributed by atoms with Crippen LogP contribution in [0.3, 0.4) is 0 Å². The summed E-state index contributed by atoms with van der Waals surface area (Å²) in [5.41, 5.74) is 0.0361. The second kappa shape index (κ2) is 6.50. The predicted molar refractivity (Wildman–Crippen MR) is 75.1 cm³/mol. The number of nitro groups is 1. The van der Waals surface area contributed by atoms with E-state index < -0.39 is 4.92 Å². The molecule has 1 aromatic heterocycles. The van der Waals surface area contributed by atoms with Gasteiger partial charge in [0.05, 0.1) is 4.92 Å². The molecule has 19 heavy (non-hydrogen) atoms. The Bertz CT molecular complexity index is 411. The lowest BCUT2D eigenvalue weighted by Crippen LogP contribution is -2.21. The molecule has 1 aromatic rings. The molecule has 0 aromatic carbocycles. The molecule has 0 atom stereocenters. The van der Waals surface area contributed by atoms with Gasteiger partial charge in [0, 0.05) is 12.6 Å². The molecular formula is C14H21N3O2. The normalized spacial score (nSPS) is 23.0. The minimum absolute atomic E-state index is 0.0361. The van der Waals surface area contributed by atoms with Crippen LogP contribution in [-0.2, 0) is 0 Å². The van der Waals surface area contributed by atoms with E-state index >= 15 is 0 Å². The van der Waals surface area contributed by atoms with Crippen molar-refractivity contribution in [1.82, 2.24) is 4.98 Å². The third-order valence-corrected chi connectivity index (χ3v) is 4.07. The molecular weight excluding hydrogens is 242 g/mol. The van der Waals surface area contributed by atoms with Gasteiger partial charge in [0.1, 0.15) is 12.0 Å². The van der Waals surface area contributed by atoms with Crippen LogP contribution in [0.4, 0.5) is 11.5 Å². The summed E-state index contributed by atoms with van der Waals surface area (Å²) in [5, 5.41) is 13.8. The summed E-state index contributed by atoms with van der Waals surface area (Å²) in [6.07, 6.45) is 7.81. The van der Waals surface area contributed by atoms with E-state index in [4.69, 9.17) is 0 Å². The molecule has 0 saturated heterocycles. The third kappa shape index (κ3) is 3.91. The lowest BCUT2D eigenvalue weighted by molar-refractivity contribution is -0.385. The van der Waals surface area contributed by atoms with Gasteiger partial charge in [0.25, 0.3) is 5.69 Å². The largest absolute Gasteiger partial charge is 0.370 e. The fourth-order valence-corrected chi connectivity index (χ4v) is 2.69. The van der Waals surface area contributed by atoms with Crippen LogP contribution in [0.25, 0.3) is 0 Å². The highest BCUT2D eigenvalue weighted by molar-refractivity contribution is 5.40. The van der Waals surface area contributed by atoms with Crippen molar-refractivity contribution in [3.63, 3.8) is 0 Å². The van der Waals surface area contributed by atoms with Crippen molar-refractivity contribution in [3.05, 3.63) is 28.4 Å². The van der Waals surface area contributed by atoms with E-state index in [-0.39, 0.29) is 5.69 Å². The van der Waals surface area contributed by atoms with E-state index in [1.165, 1.54) is 44.4 Å². The Kier molecular flexibility index (Phi) is 4.71. The summed E-state index contributed by atoms with van der Waals surface area (Å²) in [7, 11) is 0. The molecule has 1 heterocycles. The minimum atomic E-state index is -0.428. The molecule has 5 nitrogen and oxygen atoms in total. The van der Waals surface area contributed by atoms with Crippen molar-refractivity contribution >= 4 is 11.5 Å². The minimum Gasteiger partial charge on any atom is -0.370 e. The van der Waals surface area contributed by atoms with Crippen molar-refractivity contribution < 1.29 is 4.92 Å². The fourth-order valence-electron chi connectivity index (χ4n) is 2.69. The molecule has 0 spiro atoms. The molecule has 0 aliphatic heterocycles. The summed E-state index contributed by atoms with van der Waals surface area (Å²) in [5.74, 6) is 2.34. The number of hydrogen-bond donors (Lipinski definition) is 1. The number of aromatic nitrogens is 1. The van der Waals surface area contributed by atoms with Crippen LogP contribution in [0.1, 0.15) is 39.0 Å². The number of pyridine rings is 1. The van der Waals surface area contributed by atoms with Crippen molar-refractivity contribution in [2.45, 2.75) is 39.0 Å². The van der Waals surface area contributed by atoms with Crippen LogP contribution in [0.15, 0.2) is 18.3 Å². The van der Waals surface area contributed by atoms with Crippen molar-refractivity contribution in [2.24, 2.45) is 11.8 Å². The molecule has 1 aliphatic carbocycles. The van der Waals surface area contributed by atoms with Crippen LogP contribution in [0.5, 0.6) is 0 Å². The average molecular weight is 263 g/mol. The van der Waals surface area contributed by atoms with E-state index in [2.05, 4.69) is 17.2 Å². The quantitative estimate of drug-likeness (QED) is 0.650. The Morgan fingerprint density at radius 1 is 1.32 bits per heavy atom. The van der Waals surface area contributed by atoms with Gasteiger partial charge in [-0.3, -0.25) is 10.1 Å². The topological polar surface area (TPSA) is 68.1 Å². The van der Waals surface area contributed by atoms with Crippen LogP contribution >= 0.6 is 0 Å². The zero-order valence-corrected chi connectivity index (χ0v) is 11.3. The molecule has 1 aliphatic rings. The predicted octanol–water partition coefficient (Wildman–Crippen LogP) is 3.62. The standard InChI is InChI=1S/C14H21N3O2/c1-2-11-3-5-12(6-4-11)9-15-14-8-7-13(10-16-14)17(18)19/h7-8,10-12H,2-6,9H2,1H3,(H,15,16). The second-order valence-electron chi connectivity index (χ2n) is 5.33. The number of hydrogen-bond acceptors (Lipinski definition) is 4. The van der Waals surface area contributed by atoms with Crippen LogP contribution in [-0.4, -0.2) is 16.5 Å². The lowest BCUT2D eigenvalue weighted by Gasteiger charge is -2.27. The Morgan fingerprint density at radius 2 is 2.00 bits per heavy atom. The number of anilines is 1. The molecule has 0 amide bonds. The van der Waals surface area contributed by atoms with Gasteiger partial charge in [-0.05, 0) is 30.7 Å². The Labute approximate surface area is 113 Å². The molecule has 104 valence electrons. The SMILES string of the molecule is CCC1CCC(CNc2ccc([N+](=O)[O-])cn2)CC1. The van der Waals surface area contributed by atoms with Gasteiger partial charge in [-0.2, -0.15) is 0 Å². The highest BCUT2D eigenvalue weighted by atomic mass is 16.6. The van der Waals surface area contributed by atoms with Gasteiger partial charge >= 0.3 is 0 Å². The van der Waals surface area contributed by atoms with Gasteiger partial charge in [0.15, 0.2) is 0 Å². The summed E-state index contributed by atoms with van der Waals surface area (Å²) < 4.78 is 0. The van der Waals surface area contributed by atoms with Gasteiger partial charge < -0.3 is 5.32 Å². The monoisotopic (exact) mass is 263 g/mol. The first-order valence-corrected chi connectivity index (χ1v) is 7.03. The number of nitrogens with zero attached hydrogens (tertiary/aromatic N) is 2.